The lowest BCUT2D eigenvalue weighted by molar-refractivity contribution is -0.137. The molecule has 2 amide bonds. The summed E-state index contributed by atoms with van der Waals surface area (Å²) in [6, 6.07) is 14.5. The van der Waals surface area contributed by atoms with Gasteiger partial charge in [-0.05, 0) is 73.4 Å². The number of benzene rings is 2. The van der Waals surface area contributed by atoms with Crippen molar-refractivity contribution >= 4 is 33.9 Å². The Kier molecular flexibility index (Phi) is 7.45. The van der Waals surface area contributed by atoms with Gasteiger partial charge in [0.2, 0.25) is 5.88 Å². The maximum atomic E-state index is 12.9. The zero-order chi connectivity index (χ0) is 26.5. The molecule has 4 aromatic rings. The third-order valence-corrected chi connectivity index (χ3v) is 7.03. The lowest BCUT2D eigenvalue weighted by Crippen LogP contribution is -2.29. The summed E-state index contributed by atoms with van der Waals surface area (Å²) in [4.78, 5) is 24.4. The van der Waals surface area contributed by atoms with E-state index < -0.39 is 17.8 Å². The van der Waals surface area contributed by atoms with E-state index in [-0.39, 0.29) is 5.69 Å². The molecule has 0 unspecified atom stereocenters. The average molecular weight is 540 g/mol. The van der Waals surface area contributed by atoms with Gasteiger partial charge in [-0.15, -0.1) is 0 Å². The molecule has 196 valence electrons. The standard InChI is InChI=1S/C27H24F3N5O2S/c28-27(29,30)19-5-4-6-20(15-19)33-25(36)34-21-9-12-24(31-16-21)37-22-10-7-18(8-11-22)23-17-32-26(38-23)35-13-2-1-3-14-35/h4-12,15-17H,1-3,13-14H2,(H2,33,34,36). The molecule has 2 aromatic heterocycles. The van der Waals surface area contributed by atoms with Crippen LogP contribution in [0.3, 0.4) is 0 Å². The molecule has 0 saturated carbocycles. The zero-order valence-electron chi connectivity index (χ0n) is 20.2. The van der Waals surface area contributed by atoms with E-state index in [4.69, 9.17) is 4.74 Å². The molecule has 0 aliphatic carbocycles. The Balaban J connectivity index is 1.15. The quantitative estimate of drug-likeness (QED) is 0.263. The molecular formula is C27H24F3N5O2S. The second kappa shape index (κ2) is 11.1. The number of thiazole rings is 1. The molecule has 1 aliphatic rings. The number of amides is 2. The highest BCUT2D eigenvalue weighted by atomic mass is 32.1. The number of ether oxygens (including phenoxy) is 1. The summed E-state index contributed by atoms with van der Waals surface area (Å²) < 4.78 is 44.4. The van der Waals surface area contributed by atoms with E-state index in [1.54, 1.807) is 23.5 Å². The second-order valence-corrected chi connectivity index (χ2v) is 9.73. The van der Waals surface area contributed by atoms with Crippen molar-refractivity contribution in [1.29, 1.82) is 0 Å². The maximum absolute atomic E-state index is 12.9. The zero-order valence-corrected chi connectivity index (χ0v) is 21.0. The van der Waals surface area contributed by atoms with E-state index in [9.17, 15) is 18.0 Å². The number of carbonyl (C=O) groups is 1. The predicted octanol–water partition coefficient (Wildman–Crippen LogP) is 7.65. The Morgan fingerprint density at radius 1 is 0.895 bits per heavy atom. The predicted molar refractivity (Wildman–Crippen MR) is 142 cm³/mol. The van der Waals surface area contributed by atoms with Crippen molar-refractivity contribution in [3.05, 3.63) is 78.6 Å². The topological polar surface area (TPSA) is 79.4 Å². The van der Waals surface area contributed by atoms with E-state index in [0.717, 1.165) is 40.8 Å². The Bertz CT molecular complexity index is 1390. The molecule has 3 heterocycles. The Hall–Kier alpha value is -4.12. The van der Waals surface area contributed by atoms with Crippen molar-refractivity contribution in [3.63, 3.8) is 0 Å². The van der Waals surface area contributed by atoms with Crippen molar-refractivity contribution in [1.82, 2.24) is 9.97 Å². The van der Waals surface area contributed by atoms with Gasteiger partial charge in [0, 0.05) is 31.0 Å². The number of anilines is 3. The number of hydrogen-bond acceptors (Lipinski definition) is 6. The third-order valence-electron chi connectivity index (χ3n) is 5.92. The van der Waals surface area contributed by atoms with Crippen LogP contribution in [-0.2, 0) is 6.18 Å². The van der Waals surface area contributed by atoms with Crippen LogP contribution in [0.5, 0.6) is 11.6 Å². The van der Waals surface area contributed by atoms with Crippen LogP contribution in [0.25, 0.3) is 10.4 Å². The lowest BCUT2D eigenvalue weighted by Gasteiger charge is -2.25. The number of pyridine rings is 1. The minimum Gasteiger partial charge on any atom is -0.439 e. The highest BCUT2D eigenvalue weighted by molar-refractivity contribution is 7.18. The number of hydrogen-bond donors (Lipinski definition) is 2. The molecule has 0 atom stereocenters. The number of alkyl halides is 3. The number of rotatable bonds is 6. The van der Waals surface area contributed by atoms with E-state index in [2.05, 4.69) is 25.5 Å². The first-order chi connectivity index (χ1) is 18.3. The first kappa shape index (κ1) is 25.5. The molecule has 5 rings (SSSR count). The maximum Gasteiger partial charge on any atom is 0.416 e. The van der Waals surface area contributed by atoms with E-state index >= 15 is 0 Å². The van der Waals surface area contributed by atoms with Gasteiger partial charge in [0.05, 0.1) is 22.3 Å². The summed E-state index contributed by atoms with van der Waals surface area (Å²) >= 11 is 1.68. The van der Waals surface area contributed by atoms with Gasteiger partial charge in [0.1, 0.15) is 5.75 Å². The van der Waals surface area contributed by atoms with Gasteiger partial charge in [0.25, 0.3) is 0 Å². The number of nitrogens with one attached hydrogen (secondary N) is 2. The lowest BCUT2D eigenvalue weighted by atomic mass is 10.1. The monoisotopic (exact) mass is 539 g/mol. The van der Waals surface area contributed by atoms with Gasteiger partial charge in [-0.25, -0.2) is 14.8 Å². The fourth-order valence-electron chi connectivity index (χ4n) is 4.02. The van der Waals surface area contributed by atoms with Crippen LogP contribution in [0.4, 0.5) is 34.5 Å². The van der Waals surface area contributed by atoms with Crippen LogP contribution in [0, 0.1) is 0 Å². The van der Waals surface area contributed by atoms with Crippen molar-refractivity contribution in [2.75, 3.05) is 28.6 Å². The van der Waals surface area contributed by atoms with Gasteiger partial charge >= 0.3 is 12.2 Å². The number of halogens is 3. The van der Waals surface area contributed by atoms with Gasteiger partial charge in [0.15, 0.2) is 5.13 Å². The molecular weight excluding hydrogens is 515 g/mol. The third kappa shape index (κ3) is 6.41. The molecule has 11 heteroatoms. The van der Waals surface area contributed by atoms with E-state index in [1.165, 1.54) is 37.6 Å². The number of urea groups is 1. The van der Waals surface area contributed by atoms with Gasteiger partial charge in [-0.2, -0.15) is 13.2 Å². The van der Waals surface area contributed by atoms with Crippen LogP contribution < -0.4 is 20.3 Å². The SMILES string of the molecule is O=C(Nc1ccc(Oc2ccc(-c3cnc(N4CCCCC4)s3)cc2)nc1)Nc1cccc(C(F)(F)F)c1. The van der Waals surface area contributed by atoms with Crippen LogP contribution in [0.15, 0.2) is 73.1 Å². The smallest absolute Gasteiger partial charge is 0.416 e. The minimum atomic E-state index is -4.49. The molecule has 2 N–H and O–H groups in total. The first-order valence-electron chi connectivity index (χ1n) is 12.0. The van der Waals surface area contributed by atoms with Crippen molar-refractivity contribution in [2.24, 2.45) is 0 Å². The average Bonchev–Trinajstić information content (AvgIpc) is 3.41. The van der Waals surface area contributed by atoms with Crippen LogP contribution in [0.1, 0.15) is 24.8 Å². The van der Waals surface area contributed by atoms with Crippen molar-refractivity contribution < 1.29 is 22.7 Å². The summed E-state index contributed by atoms with van der Waals surface area (Å²) in [5.74, 6) is 0.928. The summed E-state index contributed by atoms with van der Waals surface area (Å²) in [6.07, 6.45) is 2.50. The fourth-order valence-corrected chi connectivity index (χ4v) is 4.99. The normalized spacial score (nSPS) is 13.7. The molecule has 2 aromatic carbocycles. The number of carbonyl (C=O) groups excluding carboxylic acids is 1. The highest BCUT2D eigenvalue weighted by Crippen LogP contribution is 2.34. The number of piperidine rings is 1. The highest BCUT2D eigenvalue weighted by Gasteiger charge is 2.30. The van der Waals surface area contributed by atoms with E-state index in [0.29, 0.717) is 17.3 Å². The fraction of sp³-hybridized carbons (Fsp3) is 0.222. The Labute approximate surface area is 221 Å². The summed E-state index contributed by atoms with van der Waals surface area (Å²) in [5, 5.41) is 5.97. The largest absolute Gasteiger partial charge is 0.439 e. The van der Waals surface area contributed by atoms with Crippen LogP contribution >= 0.6 is 11.3 Å². The molecule has 1 fully saturated rings. The Morgan fingerprint density at radius 2 is 1.66 bits per heavy atom. The second-order valence-electron chi connectivity index (χ2n) is 8.72. The van der Waals surface area contributed by atoms with Gasteiger partial charge in [-0.1, -0.05) is 17.4 Å². The molecule has 7 nitrogen and oxygen atoms in total. The van der Waals surface area contributed by atoms with Crippen molar-refractivity contribution in [2.45, 2.75) is 25.4 Å². The summed E-state index contributed by atoms with van der Waals surface area (Å²) in [7, 11) is 0. The van der Waals surface area contributed by atoms with Crippen molar-refractivity contribution in [3.8, 4) is 22.1 Å². The van der Waals surface area contributed by atoms with Gasteiger partial charge in [-0.3, -0.25) is 0 Å². The minimum absolute atomic E-state index is 0.0229. The molecule has 38 heavy (non-hydrogen) atoms. The van der Waals surface area contributed by atoms with Crippen LogP contribution in [0.2, 0.25) is 0 Å². The molecule has 1 aliphatic heterocycles. The number of aromatic nitrogens is 2. The molecule has 0 spiro atoms. The molecule has 0 radical (unpaired) electrons. The Morgan fingerprint density at radius 3 is 2.37 bits per heavy atom. The molecule has 1 saturated heterocycles. The van der Waals surface area contributed by atoms with Crippen LogP contribution in [-0.4, -0.2) is 29.1 Å². The van der Waals surface area contributed by atoms with E-state index in [1.807, 2.05) is 30.5 Å². The first-order valence-corrected chi connectivity index (χ1v) is 12.9. The van der Waals surface area contributed by atoms with Gasteiger partial charge < -0.3 is 20.3 Å². The number of nitrogens with zero attached hydrogens (tertiary/aromatic N) is 3. The molecule has 0 bridgehead atoms. The summed E-state index contributed by atoms with van der Waals surface area (Å²) in [5.41, 5.74) is 0.583. The summed E-state index contributed by atoms with van der Waals surface area (Å²) in [6.45, 7) is 2.11.